The smallest absolute Gasteiger partial charge is 0.379 e. The third-order valence-electron chi connectivity index (χ3n) is 9.38. The molecule has 0 aromatic carbocycles. The Labute approximate surface area is 208 Å². The van der Waals surface area contributed by atoms with Crippen molar-refractivity contribution in [3.63, 3.8) is 0 Å². The van der Waals surface area contributed by atoms with E-state index in [9.17, 15) is 18.0 Å². The summed E-state index contributed by atoms with van der Waals surface area (Å²) in [7, 11) is 1.72. The van der Waals surface area contributed by atoms with Gasteiger partial charge in [0, 0.05) is 38.9 Å². The second-order valence-electron chi connectivity index (χ2n) is 11.2. The first-order valence-corrected chi connectivity index (χ1v) is 13.1. The van der Waals surface area contributed by atoms with Gasteiger partial charge in [0.1, 0.15) is 0 Å². The topological polar surface area (TPSA) is 79.8 Å². The Kier molecular flexibility index (Phi) is 6.15. The van der Waals surface area contributed by atoms with Gasteiger partial charge < -0.3 is 24.6 Å². The summed E-state index contributed by atoms with van der Waals surface area (Å²) in [5.41, 5.74) is -1.11. The molecule has 6 rings (SSSR count). The second-order valence-corrected chi connectivity index (χ2v) is 11.2. The van der Waals surface area contributed by atoms with Crippen molar-refractivity contribution in [1.29, 1.82) is 0 Å². The van der Waals surface area contributed by atoms with Crippen molar-refractivity contribution in [3.8, 4) is 0 Å². The largest absolute Gasteiger partial charge is 0.418 e. The van der Waals surface area contributed by atoms with E-state index in [1.165, 1.54) is 0 Å². The number of hydrogen-bond donors (Lipinski definition) is 1. The fourth-order valence-corrected chi connectivity index (χ4v) is 7.69. The minimum Gasteiger partial charge on any atom is -0.379 e. The Morgan fingerprint density at radius 1 is 1.25 bits per heavy atom. The van der Waals surface area contributed by atoms with Crippen molar-refractivity contribution in [3.05, 3.63) is 17.8 Å². The van der Waals surface area contributed by atoms with Crippen LogP contribution in [0.1, 0.15) is 50.5 Å². The molecule has 5 aliphatic rings. The molecule has 2 aliphatic carbocycles. The minimum absolute atomic E-state index is 0.00911. The van der Waals surface area contributed by atoms with Crippen molar-refractivity contribution in [2.45, 2.75) is 81.4 Å². The first kappa shape index (κ1) is 24.4. The average Bonchev–Trinajstić information content (AvgIpc) is 3.63. The molecule has 3 saturated heterocycles. The molecule has 1 aromatic rings. The Morgan fingerprint density at radius 2 is 2.11 bits per heavy atom. The molecule has 1 N–H and O–H groups in total. The number of likely N-dealkylation sites (tertiary alicyclic amines) is 1. The molecular formula is C25H34F3N5O3. The Hall–Kier alpha value is -1.98. The van der Waals surface area contributed by atoms with Gasteiger partial charge in [-0.25, -0.2) is 0 Å². The first-order chi connectivity index (χ1) is 17.3. The van der Waals surface area contributed by atoms with Crippen LogP contribution in [0, 0.1) is 11.3 Å². The van der Waals surface area contributed by atoms with E-state index in [0.29, 0.717) is 25.6 Å². The molecule has 198 valence electrons. The van der Waals surface area contributed by atoms with E-state index in [1.54, 1.807) is 7.11 Å². The molecular weight excluding hydrogens is 475 g/mol. The molecule has 1 amide bonds. The van der Waals surface area contributed by atoms with Crippen LogP contribution in [0.2, 0.25) is 0 Å². The summed E-state index contributed by atoms with van der Waals surface area (Å²) in [6, 6.07) is 1.59. The average molecular weight is 510 g/mol. The number of methoxy groups -OCH3 is 1. The zero-order chi connectivity index (χ0) is 25.1. The zero-order valence-electron chi connectivity index (χ0n) is 20.5. The van der Waals surface area contributed by atoms with E-state index in [-0.39, 0.29) is 47.4 Å². The van der Waals surface area contributed by atoms with Crippen LogP contribution >= 0.6 is 0 Å². The number of amides is 1. The van der Waals surface area contributed by atoms with E-state index in [4.69, 9.17) is 9.47 Å². The standard InChI is InChI=1S/C25H34F3N5O3/c1-35-21-14-36-6-4-20(21)30-17-7-15-3-2-5-24(15,10-17)23(34)33-13-18-9-19(33)12-32(18)22-8-16(11-29-31-22)25(26,27)28/h8,11,15,17-21,30H,2-7,9-10,12-14H2,1H3/t15-,17-,18-,19+,20-,21-,24-/m1/s1. The highest BCUT2D eigenvalue weighted by atomic mass is 19.4. The van der Waals surface area contributed by atoms with Crippen LogP contribution in [-0.4, -0.2) is 84.7 Å². The molecule has 2 bridgehead atoms. The summed E-state index contributed by atoms with van der Waals surface area (Å²) in [5, 5.41) is 11.4. The number of rotatable bonds is 5. The van der Waals surface area contributed by atoms with Crippen LogP contribution in [-0.2, 0) is 20.4 Å². The van der Waals surface area contributed by atoms with Gasteiger partial charge in [-0.15, -0.1) is 5.10 Å². The van der Waals surface area contributed by atoms with Crippen LogP contribution in [0.15, 0.2) is 12.3 Å². The van der Waals surface area contributed by atoms with Crippen molar-refractivity contribution >= 4 is 11.7 Å². The predicted octanol–water partition coefficient (Wildman–Crippen LogP) is 2.63. The van der Waals surface area contributed by atoms with Gasteiger partial charge in [-0.1, -0.05) is 6.42 Å². The molecule has 1 aromatic heterocycles. The number of hydrogen-bond acceptors (Lipinski definition) is 7. The van der Waals surface area contributed by atoms with Gasteiger partial charge in [-0.05, 0) is 50.5 Å². The van der Waals surface area contributed by atoms with Gasteiger partial charge in [0.05, 0.1) is 42.0 Å². The molecule has 4 heterocycles. The van der Waals surface area contributed by atoms with Crippen LogP contribution in [0.3, 0.4) is 0 Å². The summed E-state index contributed by atoms with van der Waals surface area (Å²) in [6.45, 7) is 2.37. The number of nitrogens with zero attached hydrogens (tertiary/aromatic N) is 4. The summed E-state index contributed by atoms with van der Waals surface area (Å²) < 4.78 is 50.7. The molecule has 11 heteroatoms. The number of piperazine rings is 1. The number of nitrogens with one attached hydrogen (secondary N) is 1. The lowest BCUT2D eigenvalue weighted by molar-refractivity contribution is -0.144. The molecule has 0 spiro atoms. The van der Waals surface area contributed by atoms with Crippen LogP contribution in [0.25, 0.3) is 0 Å². The number of fused-ring (bicyclic) bond motifs is 3. The van der Waals surface area contributed by atoms with Crippen molar-refractivity contribution < 1.29 is 27.4 Å². The summed E-state index contributed by atoms with van der Waals surface area (Å²) >= 11 is 0. The van der Waals surface area contributed by atoms with Crippen molar-refractivity contribution in [2.24, 2.45) is 11.3 Å². The van der Waals surface area contributed by atoms with Crippen LogP contribution in [0.4, 0.5) is 19.0 Å². The zero-order valence-corrected chi connectivity index (χ0v) is 20.5. The molecule has 0 unspecified atom stereocenters. The number of alkyl halides is 3. The van der Waals surface area contributed by atoms with E-state index >= 15 is 0 Å². The minimum atomic E-state index is -4.46. The highest BCUT2D eigenvalue weighted by molar-refractivity contribution is 5.85. The van der Waals surface area contributed by atoms with Gasteiger partial charge in [0.2, 0.25) is 5.91 Å². The lowest BCUT2D eigenvalue weighted by Gasteiger charge is -2.40. The van der Waals surface area contributed by atoms with Crippen LogP contribution < -0.4 is 10.2 Å². The van der Waals surface area contributed by atoms with Gasteiger partial charge in [0.25, 0.3) is 0 Å². The van der Waals surface area contributed by atoms with Crippen LogP contribution in [0.5, 0.6) is 0 Å². The van der Waals surface area contributed by atoms with Gasteiger partial charge in [-0.3, -0.25) is 4.79 Å². The lowest BCUT2D eigenvalue weighted by Crippen LogP contribution is -2.54. The van der Waals surface area contributed by atoms with E-state index in [2.05, 4.69) is 15.5 Å². The molecule has 2 saturated carbocycles. The fourth-order valence-electron chi connectivity index (χ4n) is 7.69. The number of halogens is 3. The molecule has 0 radical (unpaired) electrons. The Morgan fingerprint density at radius 3 is 2.86 bits per heavy atom. The van der Waals surface area contributed by atoms with Gasteiger partial charge >= 0.3 is 6.18 Å². The maximum Gasteiger partial charge on any atom is 0.418 e. The Bertz CT molecular complexity index is 996. The maximum atomic E-state index is 14.1. The first-order valence-electron chi connectivity index (χ1n) is 13.1. The van der Waals surface area contributed by atoms with E-state index in [1.807, 2.05) is 9.80 Å². The Balaban J connectivity index is 1.13. The molecule has 5 fully saturated rings. The maximum absolute atomic E-state index is 14.1. The number of aromatic nitrogens is 2. The third-order valence-corrected chi connectivity index (χ3v) is 9.38. The normalized spacial score (nSPS) is 38.1. The van der Waals surface area contributed by atoms with Crippen molar-refractivity contribution in [2.75, 3.05) is 38.3 Å². The number of ether oxygens (including phenoxy) is 2. The molecule has 8 nitrogen and oxygen atoms in total. The van der Waals surface area contributed by atoms with Gasteiger partial charge in [0.15, 0.2) is 5.82 Å². The van der Waals surface area contributed by atoms with E-state index in [0.717, 1.165) is 63.8 Å². The number of carbonyl (C=O) groups excluding carboxylic acids is 1. The lowest BCUT2D eigenvalue weighted by atomic mass is 9.78. The highest BCUT2D eigenvalue weighted by Crippen LogP contribution is 2.56. The summed E-state index contributed by atoms with van der Waals surface area (Å²) in [5.74, 6) is 0.885. The SMILES string of the molecule is CO[C@@H]1COCC[C@H]1N[C@@H]1C[C@H]2CCC[C@@]2(C(=O)N2C[C@H]3C[C@H]2CN3c2cc(C(F)(F)F)cnn2)C1. The summed E-state index contributed by atoms with van der Waals surface area (Å²) in [4.78, 5) is 18.0. The highest BCUT2D eigenvalue weighted by Gasteiger charge is 2.59. The van der Waals surface area contributed by atoms with E-state index < -0.39 is 11.7 Å². The predicted molar refractivity (Wildman–Crippen MR) is 124 cm³/mol. The summed E-state index contributed by atoms with van der Waals surface area (Å²) in [6.07, 6.45) is 2.95. The monoisotopic (exact) mass is 509 g/mol. The molecule has 3 aliphatic heterocycles. The number of anilines is 1. The second kappa shape index (κ2) is 9.09. The number of carbonyl (C=O) groups is 1. The van der Waals surface area contributed by atoms with Gasteiger partial charge in [-0.2, -0.15) is 18.3 Å². The van der Waals surface area contributed by atoms with Crippen molar-refractivity contribution in [1.82, 2.24) is 20.4 Å². The quantitative estimate of drug-likeness (QED) is 0.654. The molecule has 7 atom stereocenters. The fraction of sp³-hybridized carbons (Fsp3) is 0.800. The third kappa shape index (κ3) is 4.07. The molecule has 36 heavy (non-hydrogen) atoms.